The van der Waals surface area contributed by atoms with Gasteiger partial charge in [-0.1, -0.05) is 126 Å². The SMILES string of the molecule is Cc1ccc(/C=C/C=C/c2cccc(/C=C/C=C/c3ccc(C)cc3)c2)cc1. The van der Waals surface area contributed by atoms with Gasteiger partial charge >= 0.3 is 0 Å². The normalized spacial score (nSPS) is 12.1. The Labute approximate surface area is 168 Å². The molecule has 3 rings (SSSR count). The molecule has 0 heterocycles. The first kappa shape index (κ1) is 19.4. The van der Waals surface area contributed by atoms with Crippen LogP contribution in [0.15, 0.2) is 97.1 Å². The summed E-state index contributed by atoms with van der Waals surface area (Å²) in [5, 5.41) is 0. The number of benzene rings is 3. The predicted molar refractivity (Wildman–Crippen MR) is 125 cm³/mol. The number of aryl methyl sites for hydroxylation is 2. The third-order valence-electron chi connectivity index (χ3n) is 4.44. The lowest BCUT2D eigenvalue weighted by atomic mass is 10.1. The van der Waals surface area contributed by atoms with Crippen molar-refractivity contribution in [1.82, 2.24) is 0 Å². The minimum atomic E-state index is 1.19. The summed E-state index contributed by atoms with van der Waals surface area (Å²) in [6.45, 7) is 4.21. The van der Waals surface area contributed by atoms with Crippen LogP contribution in [0.3, 0.4) is 0 Å². The molecular formula is C28H26. The van der Waals surface area contributed by atoms with Crippen LogP contribution < -0.4 is 0 Å². The summed E-state index contributed by atoms with van der Waals surface area (Å²) in [6, 6.07) is 25.6. The third kappa shape index (κ3) is 6.41. The molecule has 0 aromatic heterocycles. The number of allylic oxidation sites excluding steroid dienone is 4. The van der Waals surface area contributed by atoms with Crippen LogP contribution in [-0.4, -0.2) is 0 Å². The molecule has 0 aliphatic rings. The zero-order valence-electron chi connectivity index (χ0n) is 16.5. The van der Waals surface area contributed by atoms with Crippen molar-refractivity contribution >= 4 is 24.3 Å². The highest BCUT2D eigenvalue weighted by Crippen LogP contribution is 2.11. The van der Waals surface area contributed by atoms with Gasteiger partial charge in [0.1, 0.15) is 0 Å². The minimum Gasteiger partial charge on any atom is -0.0617 e. The third-order valence-corrected chi connectivity index (χ3v) is 4.44. The van der Waals surface area contributed by atoms with Crippen LogP contribution in [0.25, 0.3) is 24.3 Å². The second-order valence-electron chi connectivity index (χ2n) is 6.93. The van der Waals surface area contributed by atoms with Gasteiger partial charge in [0.15, 0.2) is 0 Å². The lowest BCUT2D eigenvalue weighted by Crippen LogP contribution is -1.75. The van der Waals surface area contributed by atoms with Crippen molar-refractivity contribution in [2.45, 2.75) is 13.8 Å². The van der Waals surface area contributed by atoms with Gasteiger partial charge in [-0.2, -0.15) is 0 Å². The van der Waals surface area contributed by atoms with Crippen LogP contribution in [0.2, 0.25) is 0 Å². The van der Waals surface area contributed by atoms with Crippen LogP contribution in [0, 0.1) is 13.8 Å². The summed E-state index contributed by atoms with van der Waals surface area (Å²) in [5.74, 6) is 0. The Morgan fingerprint density at radius 1 is 0.429 bits per heavy atom. The second-order valence-corrected chi connectivity index (χ2v) is 6.93. The first-order chi connectivity index (χ1) is 13.7. The fraction of sp³-hybridized carbons (Fsp3) is 0.0714. The Morgan fingerprint density at radius 2 is 0.786 bits per heavy atom. The van der Waals surface area contributed by atoms with Gasteiger partial charge < -0.3 is 0 Å². The molecule has 28 heavy (non-hydrogen) atoms. The van der Waals surface area contributed by atoms with E-state index >= 15 is 0 Å². The lowest BCUT2D eigenvalue weighted by molar-refractivity contribution is 1.46. The summed E-state index contributed by atoms with van der Waals surface area (Å²) in [7, 11) is 0. The Balaban J connectivity index is 1.58. The van der Waals surface area contributed by atoms with E-state index in [0.29, 0.717) is 0 Å². The van der Waals surface area contributed by atoms with Gasteiger partial charge in [0.2, 0.25) is 0 Å². The molecule has 0 amide bonds. The van der Waals surface area contributed by atoms with Crippen molar-refractivity contribution in [1.29, 1.82) is 0 Å². The van der Waals surface area contributed by atoms with E-state index in [0.717, 1.165) is 0 Å². The molecule has 0 spiro atoms. The Morgan fingerprint density at radius 3 is 1.18 bits per heavy atom. The van der Waals surface area contributed by atoms with E-state index < -0.39 is 0 Å². The molecule has 0 unspecified atom stereocenters. The summed E-state index contributed by atoms with van der Waals surface area (Å²) >= 11 is 0. The second kappa shape index (κ2) is 10.1. The highest BCUT2D eigenvalue weighted by Gasteiger charge is 1.89. The van der Waals surface area contributed by atoms with E-state index in [-0.39, 0.29) is 0 Å². The zero-order chi connectivity index (χ0) is 19.6. The van der Waals surface area contributed by atoms with Gasteiger partial charge in [-0.05, 0) is 42.2 Å². The average Bonchev–Trinajstić information content (AvgIpc) is 2.72. The topological polar surface area (TPSA) is 0 Å². The van der Waals surface area contributed by atoms with Gasteiger partial charge in [-0.15, -0.1) is 0 Å². The van der Waals surface area contributed by atoms with Crippen molar-refractivity contribution in [3.05, 3.63) is 130 Å². The molecule has 0 nitrogen and oxygen atoms in total. The van der Waals surface area contributed by atoms with Gasteiger partial charge in [0.05, 0.1) is 0 Å². The van der Waals surface area contributed by atoms with Gasteiger partial charge in [-0.25, -0.2) is 0 Å². The molecular weight excluding hydrogens is 336 g/mol. The largest absolute Gasteiger partial charge is 0.0617 e. The zero-order valence-corrected chi connectivity index (χ0v) is 16.5. The van der Waals surface area contributed by atoms with Crippen molar-refractivity contribution in [2.24, 2.45) is 0 Å². The number of hydrogen-bond donors (Lipinski definition) is 0. The molecule has 3 aromatic rings. The summed E-state index contributed by atoms with van der Waals surface area (Å²) < 4.78 is 0. The standard InChI is InChI=1S/C28H26/c1-23-14-18-25(19-15-23)8-3-5-10-27-12-7-13-28(22-27)11-6-4-9-26-20-16-24(2)17-21-26/h3-22H,1-2H3/b8-3+,9-4+,10-5+,11-6+. The van der Waals surface area contributed by atoms with E-state index in [1.54, 1.807) is 0 Å². The summed E-state index contributed by atoms with van der Waals surface area (Å²) in [4.78, 5) is 0. The van der Waals surface area contributed by atoms with Gasteiger partial charge in [0.25, 0.3) is 0 Å². The summed E-state index contributed by atoms with van der Waals surface area (Å²) in [5.41, 5.74) is 7.38. The lowest BCUT2D eigenvalue weighted by Gasteiger charge is -1.96. The van der Waals surface area contributed by atoms with Gasteiger partial charge in [0, 0.05) is 0 Å². The Kier molecular flexibility index (Phi) is 6.98. The summed E-state index contributed by atoms with van der Waals surface area (Å²) in [6.07, 6.45) is 16.8. The van der Waals surface area contributed by atoms with E-state index in [2.05, 4.69) is 135 Å². The van der Waals surface area contributed by atoms with Crippen molar-refractivity contribution in [3.63, 3.8) is 0 Å². The molecule has 0 saturated carbocycles. The Hall–Kier alpha value is -3.38. The molecule has 0 aliphatic carbocycles. The van der Waals surface area contributed by atoms with Crippen LogP contribution in [0.4, 0.5) is 0 Å². The average molecular weight is 363 g/mol. The maximum Gasteiger partial charge on any atom is -0.0251 e. The molecule has 3 aromatic carbocycles. The molecule has 0 N–H and O–H groups in total. The fourth-order valence-electron chi connectivity index (χ4n) is 2.79. The van der Waals surface area contributed by atoms with Gasteiger partial charge in [-0.3, -0.25) is 0 Å². The molecule has 0 atom stereocenters. The molecule has 0 aliphatic heterocycles. The van der Waals surface area contributed by atoms with Crippen LogP contribution in [0.1, 0.15) is 33.4 Å². The van der Waals surface area contributed by atoms with Crippen LogP contribution >= 0.6 is 0 Å². The minimum absolute atomic E-state index is 1.19. The Bertz CT molecular complexity index is 914. The quantitative estimate of drug-likeness (QED) is 0.393. The molecule has 0 heteroatoms. The monoisotopic (exact) mass is 362 g/mol. The fourth-order valence-corrected chi connectivity index (χ4v) is 2.79. The maximum atomic E-state index is 2.19. The van der Waals surface area contributed by atoms with Crippen molar-refractivity contribution in [3.8, 4) is 0 Å². The van der Waals surface area contributed by atoms with E-state index in [9.17, 15) is 0 Å². The first-order valence-electron chi connectivity index (χ1n) is 9.62. The first-order valence-corrected chi connectivity index (χ1v) is 9.62. The van der Waals surface area contributed by atoms with E-state index in [1.165, 1.54) is 33.4 Å². The molecule has 0 bridgehead atoms. The van der Waals surface area contributed by atoms with Crippen LogP contribution in [-0.2, 0) is 0 Å². The molecule has 138 valence electrons. The molecule has 0 fully saturated rings. The number of rotatable bonds is 6. The molecule has 0 saturated heterocycles. The highest BCUT2D eigenvalue weighted by molar-refractivity contribution is 5.62. The maximum absolute atomic E-state index is 2.19. The van der Waals surface area contributed by atoms with Crippen LogP contribution in [0.5, 0.6) is 0 Å². The van der Waals surface area contributed by atoms with Crippen molar-refractivity contribution in [2.75, 3.05) is 0 Å². The van der Waals surface area contributed by atoms with E-state index in [4.69, 9.17) is 0 Å². The smallest absolute Gasteiger partial charge is 0.0251 e. The predicted octanol–water partition coefficient (Wildman–Crippen LogP) is 7.76. The number of hydrogen-bond acceptors (Lipinski definition) is 0. The van der Waals surface area contributed by atoms with E-state index in [1.807, 2.05) is 0 Å². The van der Waals surface area contributed by atoms with Crippen molar-refractivity contribution < 1.29 is 0 Å². The highest BCUT2D eigenvalue weighted by atomic mass is 14.0. The molecule has 0 radical (unpaired) electrons.